The lowest BCUT2D eigenvalue weighted by atomic mass is 9.92. The second-order valence-corrected chi connectivity index (χ2v) is 6.72. The molecular formula is C20H26N+. The Morgan fingerprint density at radius 1 is 0.952 bits per heavy atom. The molecule has 0 unspecified atom stereocenters. The summed E-state index contributed by atoms with van der Waals surface area (Å²) in [6, 6.07) is 9.39. The average Bonchev–Trinajstić information content (AvgIpc) is 2.93. The van der Waals surface area contributed by atoms with Gasteiger partial charge in [-0.05, 0) is 62.8 Å². The molecule has 1 aromatic heterocycles. The van der Waals surface area contributed by atoms with E-state index in [4.69, 9.17) is 0 Å². The van der Waals surface area contributed by atoms with Crippen molar-refractivity contribution in [1.82, 2.24) is 0 Å². The minimum absolute atomic E-state index is 0.797. The summed E-state index contributed by atoms with van der Waals surface area (Å²) in [5, 5.41) is 0. The van der Waals surface area contributed by atoms with E-state index in [2.05, 4.69) is 62.8 Å². The van der Waals surface area contributed by atoms with Gasteiger partial charge in [-0.15, -0.1) is 0 Å². The molecule has 0 spiro atoms. The highest BCUT2D eigenvalue weighted by Crippen LogP contribution is 2.36. The van der Waals surface area contributed by atoms with E-state index in [1.165, 1.54) is 53.6 Å². The molecule has 2 aromatic rings. The number of pyridine rings is 1. The zero-order chi connectivity index (χ0) is 15.0. The molecule has 1 saturated carbocycles. The Bertz CT molecular complexity index is 641. The van der Waals surface area contributed by atoms with Crippen molar-refractivity contribution in [3.8, 4) is 11.3 Å². The van der Waals surface area contributed by atoms with E-state index in [-0.39, 0.29) is 0 Å². The topological polar surface area (TPSA) is 3.88 Å². The van der Waals surface area contributed by atoms with Crippen molar-refractivity contribution in [2.45, 2.75) is 52.4 Å². The summed E-state index contributed by atoms with van der Waals surface area (Å²) in [5.74, 6) is 0.797. The third-order valence-corrected chi connectivity index (χ3v) is 4.90. The summed E-state index contributed by atoms with van der Waals surface area (Å²) in [7, 11) is 2.15. The monoisotopic (exact) mass is 280 g/mol. The van der Waals surface area contributed by atoms with Crippen LogP contribution in [0.25, 0.3) is 11.3 Å². The summed E-state index contributed by atoms with van der Waals surface area (Å²) < 4.78 is 2.27. The van der Waals surface area contributed by atoms with Crippen molar-refractivity contribution in [3.63, 3.8) is 0 Å². The fourth-order valence-electron chi connectivity index (χ4n) is 3.96. The number of hydrogen-bond donors (Lipinski definition) is 0. The Morgan fingerprint density at radius 2 is 1.67 bits per heavy atom. The summed E-state index contributed by atoms with van der Waals surface area (Å²) in [4.78, 5) is 0. The molecule has 1 heterocycles. The van der Waals surface area contributed by atoms with Crippen molar-refractivity contribution in [1.29, 1.82) is 0 Å². The Morgan fingerprint density at radius 3 is 2.29 bits per heavy atom. The first-order valence-corrected chi connectivity index (χ1v) is 8.14. The van der Waals surface area contributed by atoms with Gasteiger partial charge in [0.2, 0.25) is 5.69 Å². The summed E-state index contributed by atoms with van der Waals surface area (Å²) in [6.07, 6.45) is 7.76. The Balaban J connectivity index is 2.04. The first kappa shape index (κ1) is 14.3. The lowest BCUT2D eigenvalue weighted by molar-refractivity contribution is -0.661. The molecule has 1 fully saturated rings. The molecule has 110 valence electrons. The fourth-order valence-corrected chi connectivity index (χ4v) is 3.96. The van der Waals surface area contributed by atoms with Crippen molar-refractivity contribution in [3.05, 3.63) is 52.7 Å². The van der Waals surface area contributed by atoms with E-state index in [0.29, 0.717) is 0 Å². The number of benzene rings is 1. The molecule has 1 nitrogen and oxygen atoms in total. The second kappa shape index (κ2) is 5.63. The number of rotatable bonds is 2. The van der Waals surface area contributed by atoms with Gasteiger partial charge in [-0.3, -0.25) is 0 Å². The predicted molar refractivity (Wildman–Crippen MR) is 88.5 cm³/mol. The van der Waals surface area contributed by atoms with E-state index in [1.807, 2.05) is 0 Å². The van der Waals surface area contributed by atoms with Gasteiger partial charge >= 0.3 is 0 Å². The second-order valence-electron chi connectivity index (χ2n) is 6.72. The number of aromatic nitrogens is 1. The minimum atomic E-state index is 0.797. The van der Waals surface area contributed by atoms with Gasteiger partial charge < -0.3 is 0 Å². The van der Waals surface area contributed by atoms with E-state index in [0.717, 1.165) is 5.92 Å². The Kier molecular flexibility index (Phi) is 3.84. The molecule has 0 N–H and O–H groups in total. The SMILES string of the molecule is Cc1cc(C)c(-c2ccc(C3CCCC3)cc2C)[n+](C)c1. The largest absolute Gasteiger partial charge is 0.215 e. The zero-order valence-corrected chi connectivity index (χ0v) is 13.7. The van der Waals surface area contributed by atoms with E-state index >= 15 is 0 Å². The van der Waals surface area contributed by atoms with Crippen LogP contribution in [0.5, 0.6) is 0 Å². The lowest BCUT2D eigenvalue weighted by Gasteiger charge is -2.13. The molecule has 3 rings (SSSR count). The van der Waals surface area contributed by atoms with Crippen molar-refractivity contribution in [2.75, 3.05) is 0 Å². The van der Waals surface area contributed by atoms with Gasteiger partial charge in [-0.1, -0.05) is 25.0 Å². The van der Waals surface area contributed by atoms with Crippen LogP contribution in [0.2, 0.25) is 0 Å². The molecule has 1 aliphatic carbocycles. The van der Waals surface area contributed by atoms with Gasteiger partial charge in [0.05, 0.1) is 0 Å². The zero-order valence-electron chi connectivity index (χ0n) is 13.7. The van der Waals surface area contributed by atoms with Gasteiger partial charge in [0, 0.05) is 16.7 Å². The van der Waals surface area contributed by atoms with E-state index in [1.54, 1.807) is 5.56 Å². The molecule has 1 aliphatic rings. The van der Waals surface area contributed by atoms with Crippen LogP contribution in [0.1, 0.15) is 53.9 Å². The highest BCUT2D eigenvalue weighted by Gasteiger charge is 2.20. The molecule has 1 aromatic carbocycles. The molecule has 0 atom stereocenters. The molecule has 0 saturated heterocycles. The van der Waals surface area contributed by atoms with E-state index < -0.39 is 0 Å². The smallest absolute Gasteiger partial charge is 0.201 e. The summed E-state index contributed by atoms with van der Waals surface area (Å²) in [6.45, 7) is 6.63. The first-order chi connectivity index (χ1) is 10.1. The lowest BCUT2D eigenvalue weighted by Crippen LogP contribution is -2.32. The molecule has 0 radical (unpaired) electrons. The van der Waals surface area contributed by atoms with E-state index in [9.17, 15) is 0 Å². The van der Waals surface area contributed by atoms with Gasteiger partial charge in [0.1, 0.15) is 7.05 Å². The van der Waals surface area contributed by atoms with Gasteiger partial charge in [-0.25, -0.2) is 4.57 Å². The maximum absolute atomic E-state index is 2.42. The number of aryl methyl sites for hydroxylation is 4. The first-order valence-electron chi connectivity index (χ1n) is 8.14. The van der Waals surface area contributed by atoms with Crippen LogP contribution in [-0.4, -0.2) is 0 Å². The van der Waals surface area contributed by atoms with Crippen LogP contribution < -0.4 is 4.57 Å². The van der Waals surface area contributed by atoms with Crippen molar-refractivity contribution < 1.29 is 4.57 Å². The Labute approximate surface area is 128 Å². The highest BCUT2D eigenvalue weighted by molar-refractivity contribution is 5.64. The predicted octanol–water partition coefficient (Wildman–Crippen LogP) is 4.76. The van der Waals surface area contributed by atoms with Gasteiger partial charge in [-0.2, -0.15) is 0 Å². The summed E-state index contributed by atoms with van der Waals surface area (Å²) in [5.41, 5.74) is 8.34. The molecule has 0 bridgehead atoms. The van der Waals surface area contributed by atoms with Crippen LogP contribution in [0.15, 0.2) is 30.5 Å². The van der Waals surface area contributed by atoms with Crippen LogP contribution in [0.4, 0.5) is 0 Å². The average molecular weight is 280 g/mol. The van der Waals surface area contributed by atoms with Crippen LogP contribution >= 0.6 is 0 Å². The third-order valence-electron chi connectivity index (χ3n) is 4.90. The number of nitrogens with zero attached hydrogens (tertiary/aromatic N) is 1. The van der Waals surface area contributed by atoms with Crippen molar-refractivity contribution in [2.24, 2.45) is 7.05 Å². The van der Waals surface area contributed by atoms with Crippen LogP contribution in [-0.2, 0) is 7.05 Å². The third kappa shape index (κ3) is 2.74. The number of hydrogen-bond acceptors (Lipinski definition) is 0. The minimum Gasteiger partial charge on any atom is -0.201 e. The molecule has 0 aliphatic heterocycles. The molecular weight excluding hydrogens is 254 g/mol. The molecule has 1 heteroatoms. The highest BCUT2D eigenvalue weighted by atomic mass is 14.9. The Hall–Kier alpha value is -1.63. The van der Waals surface area contributed by atoms with Gasteiger partial charge in [0.25, 0.3) is 0 Å². The maximum atomic E-state index is 2.42. The van der Waals surface area contributed by atoms with Gasteiger partial charge in [0.15, 0.2) is 6.20 Å². The van der Waals surface area contributed by atoms with Crippen LogP contribution in [0, 0.1) is 20.8 Å². The maximum Gasteiger partial charge on any atom is 0.215 e. The van der Waals surface area contributed by atoms with Crippen LogP contribution in [0.3, 0.4) is 0 Å². The quantitative estimate of drug-likeness (QED) is 0.698. The molecule has 0 amide bonds. The van der Waals surface area contributed by atoms with Crippen molar-refractivity contribution >= 4 is 0 Å². The standard InChI is InChI=1S/C20H26N/c1-14-11-16(3)20(21(4)13-14)19-10-9-18(12-15(19)2)17-7-5-6-8-17/h9-13,17H,5-8H2,1-4H3/q+1. The normalized spacial score (nSPS) is 15.6. The fraction of sp³-hybridized carbons (Fsp3) is 0.450. The summed E-state index contributed by atoms with van der Waals surface area (Å²) >= 11 is 0. The molecule has 21 heavy (non-hydrogen) atoms.